The number of aryl methyl sites for hydroxylation is 1. The Morgan fingerprint density at radius 3 is 2.76 bits per heavy atom. The number of nitrogens with zero attached hydrogens (tertiary/aromatic N) is 2. The Hall–Kier alpha value is -2.00. The highest BCUT2D eigenvalue weighted by Crippen LogP contribution is 2.23. The molecule has 0 atom stereocenters. The molecule has 0 bridgehead atoms. The molecule has 0 radical (unpaired) electrons. The van der Waals surface area contributed by atoms with Gasteiger partial charge in [0.25, 0.3) is 0 Å². The average molecular weight is 300 g/mol. The lowest BCUT2D eigenvalue weighted by atomic mass is 10.1. The van der Waals surface area contributed by atoms with Crippen LogP contribution in [0.1, 0.15) is 24.7 Å². The number of rotatable bonds is 4. The molecule has 4 heteroatoms. The number of nitrogens with two attached hydrogens (primary N) is 1. The van der Waals surface area contributed by atoms with E-state index in [1.165, 1.54) is 0 Å². The number of fused-ring (bicyclic) bond motifs is 1. The number of imidazole rings is 1. The van der Waals surface area contributed by atoms with Gasteiger partial charge in [0.1, 0.15) is 5.82 Å². The summed E-state index contributed by atoms with van der Waals surface area (Å²) in [6.07, 6.45) is 1.80. The van der Waals surface area contributed by atoms with Crippen molar-refractivity contribution in [3.63, 3.8) is 0 Å². The smallest absolute Gasteiger partial charge is 0.114 e. The van der Waals surface area contributed by atoms with Crippen LogP contribution in [0.4, 0.5) is 5.69 Å². The minimum atomic E-state index is 0.717. The van der Waals surface area contributed by atoms with Gasteiger partial charge in [0.2, 0.25) is 0 Å². The predicted octanol–water partition coefficient (Wildman–Crippen LogP) is 4.27. The number of para-hydroxylation sites is 1. The summed E-state index contributed by atoms with van der Waals surface area (Å²) in [5.74, 6) is 1.03. The van der Waals surface area contributed by atoms with Gasteiger partial charge in [0.05, 0.1) is 11.0 Å². The highest BCUT2D eigenvalue weighted by Gasteiger charge is 2.12. The van der Waals surface area contributed by atoms with Gasteiger partial charge in [-0.1, -0.05) is 36.7 Å². The number of halogens is 1. The molecule has 21 heavy (non-hydrogen) atoms. The van der Waals surface area contributed by atoms with Crippen molar-refractivity contribution in [2.75, 3.05) is 5.73 Å². The van der Waals surface area contributed by atoms with E-state index in [4.69, 9.17) is 22.3 Å². The second kappa shape index (κ2) is 5.78. The Balaban J connectivity index is 2.08. The van der Waals surface area contributed by atoms with Crippen LogP contribution in [-0.2, 0) is 13.0 Å². The molecular weight excluding hydrogens is 282 g/mol. The standard InChI is InChI=1S/C17H18ClN3/c1-2-9-21-16-8-7-13(18)11-15(16)20-17(21)10-12-5-3-4-6-14(12)19/h3-8,11H,2,9-10,19H2,1H3. The van der Waals surface area contributed by atoms with Gasteiger partial charge in [-0.2, -0.15) is 0 Å². The van der Waals surface area contributed by atoms with Crippen LogP contribution in [0.5, 0.6) is 0 Å². The maximum absolute atomic E-state index is 6.07. The second-order valence-electron chi connectivity index (χ2n) is 5.19. The molecule has 0 amide bonds. The van der Waals surface area contributed by atoms with Crippen molar-refractivity contribution >= 4 is 28.3 Å². The van der Waals surface area contributed by atoms with E-state index < -0.39 is 0 Å². The molecule has 0 aliphatic rings. The fraction of sp³-hybridized carbons (Fsp3) is 0.235. The van der Waals surface area contributed by atoms with Crippen molar-refractivity contribution in [2.45, 2.75) is 26.3 Å². The summed E-state index contributed by atoms with van der Waals surface area (Å²) in [6, 6.07) is 13.8. The number of nitrogen functional groups attached to an aromatic ring is 1. The summed E-state index contributed by atoms with van der Waals surface area (Å²) in [4.78, 5) is 4.75. The first kappa shape index (κ1) is 14.0. The van der Waals surface area contributed by atoms with Gasteiger partial charge in [-0.05, 0) is 36.2 Å². The molecule has 0 saturated heterocycles. The van der Waals surface area contributed by atoms with E-state index in [9.17, 15) is 0 Å². The molecule has 108 valence electrons. The number of hydrogen-bond acceptors (Lipinski definition) is 2. The Bertz CT molecular complexity index is 777. The molecule has 2 aromatic carbocycles. The maximum atomic E-state index is 6.07. The molecule has 2 N–H and O–H groups in total. The Labute approximate surface area is 129 Å². The third-order valence-electron chi connectivity index (χ3n) is 3.64. The molecule has 3 aromatic rings. The summed E-state index contributed by atoms with van der Waals surface area (Å²) in [5.41, 5.74) is 10.0. The summed E-state index contributed by atoms with van der Waals surface area (Å²) in [7, 11) is 0. The zero-order valence-corrected chi connectivity index (χ0v) is 12.8. The highest BCUT2D eigenvalue weighted by atomic mass is 35.5. The zero-order valence-electron chi connectivity index (χ0n) is 12.0. The van der Waals surface area contributed by atoms with E-state index in [2.05, 4.69) is 17.6 Å². The van der Waals surface area contributed by atoms with Gasteiger partial charge < -0.3 is 10.3 Å². The van der Waals surface area contributed by atoms with Crippen LogP contribution in [0.25, 0.3) is 11.0 Å². The molecule has 3 rings (SSSR count). The van der Waals surface area contributed by atoms with Crippen LogP contribution in [0, 0.1) is 0 Å². The molecule has 1 heterocycles. The van der Waals surface area contributed by atoms with Crippen LogP contribution < -0.4 is 5.73 Å². The third-order valence-corrected chi connectivity index (χ3v) is 3.88. The molecule has 0 aliphatic carbocycles. The maximum Gasteiger partial charge on any atom is 0.114 e. The fourth-order valence-electron chi connectivity index (χ4n) is 2.63. The number of aromatic nitrogens is 2. The molecule has 0 unspecified atom stereocenters. The van der Waals surface area contributed by atoms with Crippen molar-refractivity contribution in [1.82, 2.24) is 9.55 Å². The molecule has 0 fully saturated rings. The summed E-state index contributed by atoms with van der Waals surface area (Å²) in [6.45, 7) is 3.11. The van der Waals surface area contributed by atoms with Gasteiger partial charge in [0, 0.05) is 23.7 Å². The van der Waals surface area contributed by atoms with E-state index in [1.54, 1.807) is 0 Å². The van der Waals surface area contributed by atoms with Crippen molar-refractivity contribution in [3.8, 4) is 0 Å². The first-order valence-electron chi connectivity index (χ1n) is 7.17. The van der Waals surface area contributed by atoms with Gasteiger partial charge in [-0.3, -0.25) is 0 Å². The Morgan fingerprint density at radius 2 is 2.00 bits per heavy atom. The average Bonchev–Trinajstić information content (AvgIpc) is 2.79. The van der Waals surface area contributed by atoms with Gasteiger partial charge in [0.15, 0.2) is 0 Å². The molecule has 1 aromatic heterocycles. The van der Waals surface area contributed by atoms with Crippen LogP contribution in [0.2, 0.25) is 5.02 Å². The molecule has 0 saturated carbocycles. The topological polar surface area (TPSA) is 43.8 Å². The highest BCUT2D eigenvalue weighted by molar-refractivity contribution is 6.31. The SMILES string of the molecule is CCCn1c(Cc2ccccc2N)nc2cc(Cl)ccc21. The van der Waals surface area contributed by atoms with Crippen molar-refractivity contribution in [3.05, 3.63) is 58.9 Å². The first-order valence-corrected chi connectivity index (χ1v) is 7.55. The lowest BCUT2D eigenvalue weighted by molar-refractivity contribution is 0.664. The van der Waals surface area contributed by atoms with Gasteiger partial charge in [-0.25, -0.2) is 4.98 Å². The predicted molar refractivity (Wildman–Crippen MR) is 88.7 cm³/mol. The van der Waals surface area contributed by atoms with Crippen LogP contribution in [-0.4, -0.2) is 9.55 Å². The quantitative estimate of drug-likeness (QED) is 0.731. The zero-order chi connectivity index (χ0) is 14.8. The van der Waals surface area contributed by atoms with Crippen LogP contribution >= 0.6 is 11.6 Å². The van der Waals surface area contributed by atoms with Crippen LogP contribution in [0.15, 0.2) is 42.5 Å². The molecule has 3 nitrogen and oxygen atoms in total. The summed E-state index contributed by atoms with van der Waals surface area (Å²) in [5, 5.41) is 0.717. The lowest BCUT2D eigenvalue weighted by Gasteiger charge is -2.09. The van der Waals surface area contributed by atoms with E-state index in [0.717, 1.165) is 52.5 Å². The van der Waals surface area contributed by atoms with Crippen molar-refractivity contribution < 1.29 is 0 Å². The number of benzene rings is 2. The summed E-state index contributed by atoms with van der Waals surface area (Å²) >= 11 is 6.07. The monoisotopic (exact) mass is 299 g/mol. The Morgan fingerprint density at radius 1 is 1.19 bits per heavy atom. The minimum Gasteiger partial charge on any atom is -0.398 e. The fourth-order valence-corrected chi connectivity index (χ4v) is 2.79. The minimum absolute atomic E-state index is 0.717. The first-order chi connectivity index (χ1) is 10.2. The van der Waals surface area contributed by atoms with Crippen LogP contribution in [0.3, 0.4) is 0 Å². The lowest BCUT2D eigenvalue weighted by Crippen LogP contribution is -2.05. The van der Waals surface area contributed by atoms with Crippen molar-refractivity contribution in [2.24, 2.45) is 0 Å². The van der Waals surface area contributed by atoms with E-state index in [1.807, 2.05) is 36.4 Å². The van der Waals surface area contributed by atoms with E-state index >= 15 is 0 Å². The van der Waals surface area contributed by atoms with Gasteiger partial charge in [-0.15, -0.1) is 0 Å². The van der Waals surface area contributed by atoms with E-state index in [0.29, 0.717) is 0 Å². The molecule has 0 spiro atoms. The molecular formula is C17H18ClN3. The van der Waals surface area contributed by atoms with Gasteiger partial charge >= 0.3 is 0 Å². The third kappa shape index (κ3) is 2.74. The largest absolute Gasteiger partial charge is 0.398 e. The normalized spacial score (nSPS) is 11.1. The van der Waals surface area contributed by atoms with E-state index in [-0.39, 0.29) is 0 Å². The molecule has 0 aliphatic heterocycles. The number of anilines is 1. The number of hydrogen-bond donors (Lipinski definition) is 1. The van der Waals surface area contributed by atoms with Crippen molar-refractivity contribution in [1.29, 1.82) is 0 Å². The Kier molecular flexibility index (Phi) is 3.84. The summed E-state index contributed by atoms with van der Waals surface area (Å²) < 4.78 is 2.26. The second-order valence-corrected chi connectivity index (χ2v) is 5.62.